The van der Waals surface area contributed by atoms with Gasteiger partial charge in [-0.1, -0.05) is 0 Å². The monoisotopic (exact) mass is 440 g/mol. The van der Waals surface area contributed by atoms with Crippen molar-refractivity contribution < 1.29 is 23.5 Å². The molecule has 2 aliphatic rings. The molecule has 1 N–H and O–H groups in total. The number of carbonyl (C=O) groups excluding carboxylic acids is 3. The SMILES string of the molecule is CC(=O)NCC1CN(c2ccc(N3CCN(c4ccc(C=O)cc4)CC3)c(F)c2)C(=O)O1. The lowest BCUT2D eigenvalue weighted by atomic mass is 10.1. The molecule has 0 aliphatic carbocycles. The number of hydrogen-bond donors (Lipinski definition) is 1. The van der Waals surface area contributed by atoms with E-state index in [0.29, 0.717) is 30.0 Å². The highest BCUT2D eigenvalue weighted by Crippen LogP contribution is 2.29. The topological polar surface area (TPSA) is 82.2 Å². The van der Waals surface area contributed by atoms with Crippen molar-refractivity contribution in [1.82, 2.24) is 5.32 Å². The van der Waals surface area contributed by atoms with E-state index >= 15 is 0 Å². The molecule has 2 amide bonds. The number of nitrogens with one attached hydrogen (secondary N) is 1. The van der Waals surface area contributed by atoms with Crippen molar-refractivity contribution in [1.29, 1.82) is 0 Å². The molecule has 2 saturated heterocycles. The quantitative estimate of drug-likeness (QED) is 0.695. The zero-order valence-electron chi connectivity index (χ0n) is 17.8. The second kappa shape index (κ2) is 9.25. The molecule has 2 aliphatic heterocycles. The van der Waals surface area contributed by atoms with Gasteiger partial charge in [0, 0.05) is 44.4 Å². The summed E-state index contributed by atoms with van der Waals surface area (Å²) in [4.78, 5) is 39.6. The molecular formula is C23H25FN4O4. The van der Waals surface area contributed by atoms with E-state index in [9.17, 15) is 18.8 Å². The number of nitrogens with zero attached hydrogens (tertiary/aromatic N) is 3. The van der Waals surface area contributed by atoms with Gasteiger partial charge in [-0.25, -0.2) is 9.18 Å². The van der Waals surface area contributed by atoms with E-state index in [1.54, 1.807) is 24.3 Å². The molecule has 0 radical (unpaired) electrons. The zero-order chi connectivity index (χ0) is 22.7. The number of rotatable bonds is 6. The van der Waals surface area contributed by atoms with Crippen molar-refractivity contribution >= 4 is 35.3 Å². The summed E-state index contributed by atoms with van der Waals surface area (Å²) in [5.41, 5.74) is 2.59. The van der Waals surface area contributed by atoms with Crippen LogP contribution in [-0.4, -0.2) is 63.7 Å². The molecule has 1 atom stereocenters. The van der Waals surface area contributed by atoms with Crippen LogP contribution in [0.25, 0.3) is 0 Å². The molecule has 2 aromatic carbocycles. The molecular weight excluding hydrogens is 415 g/mol. The van der Waals surface area contributed by atoms with Crippen LogP contribution in [0.3, 0.4) is 0 Å². The Labute approximate surface area is 185 Å². The summed E-state index contributed by atoms with van der Waals surface area (Å²) >= 11 is 0. The number of piperazine rings is 1. The summed E-state index contributed by atoms with van der Waals surface area (Å²) in [5, 5.41) is 2.62. The van der Waals surface area contributed by atoms with Crippen molar-refractivity contribution in [3.8, 4) is 0 Å². The van der Waals surface area contributed by atoms with Gasteiger partial charge in [-0.3, -0.25) is 14.5 Å². The van der Waals surface area contributed by atoms with Crippen LogP contribution in [-0.2, 0) is 9.53 Å². The van der Waals surface area contributed by atoms with Crippen molar-refractivity contribution in [2.24, 2.45) is 0 Å². The highest BCUT2D eigenvalue weighted by molar-refractivity contribution is 5.90. The number of amides is 2. The molecule has 2 fully saturated rings. The predicted octanol–water partition coefficient (Wildman–Crippen LogP) is 2.43. The van der Waals surface area contributed by atoms with Gasteiger partial charge in [0.2, 0.25) is 5.91 Å². The van der Waals surface area contributed by atoms with Gasteiger partial charge in [0.15, 0.2) is 0 Å². The summed E-state index contributed by atoms with van der Waals surface area (Å²) in [6.45, 7) is 4.62. The molecule has 0 saturated carbocycles. The fourth-order valence-electron chi connectivity index (χ4n) is 3.99. The van der Waals surface area contributed by atoms with Gasteiger partial charge in [-0.15, -0.1) is 0 Å². The molecule has 1 unspecified atom stereocenters. The fraction of sp³-hybridized carbons (Fsp3) is 0.348. The molecule has 8 nitrogen and oxygen atoms in total. The van der Waals surface area contributed by atoms with Crippen LogP contribution in [0.4, 0.5) is 26.2 Å². The number of cyclic esters (lactones) is 1. The fourth-order valence-corrected chi connectivity index (χ4v) is 3.99. The number of benzene rings is 2. The summed E-state index contributed by atoms with van der Waals surface area (Å²) in [5.74, 6) is -0.600. The smallest absolute Gasteiger partial charge is 0.414 e. The van der Waals surface area contributed by atoms with Gasteiger partial charge in [-0.05, 0) is 42.5 Å². The van der Waals surface area contributed by atoms with Gasteiger partial charge in [0.25, 0.3) is 0 Å². The molecule has 32 heavy (non-hydrogen) atoms. The Balaban J connectivity index is 1.38. The second-order valence-electron chi connectivity index (χ2n) is 7.87. The summed E-state index contributed by atoms with van der Waals surface area (Å²) in [6.07, 6.45) is -0.205. The Morgan fingerprint density at radius 2 is 1.75 bits per heavy atom. The number of halogens is 1. The van der Waals surface area contributed by atoms with E-state index in [1.165, 1.54) is 17.9 Å². The molecule has 0 spiro atoms. The largest absolute Gasteiger partial charge is 0.442 e. The first kappa shape index (κ1) is 21.6. The lowest BCUT2D eigenvalue weighted by molar-refractivity contribution is -0.119. The Morgan fingerprint density at radius 1 is 1.09 bits per heavy atom. The maximum Gasteiger partial charge on any atom is 0.414 e. The van der Waals surface area contributed by atoms with E-state index in [-0.39, 0.29) is 19.0 Å². The van der Waals surface area contributed by atoms with Gasteiger partial charge in [0.05, 0.1) is 24.5 Å². The average molecular weight is 440 g/mol. The van der Waals surface area contributed by atoms with Crippen molar-refractivity contribution in [3.05, 3.63) is 53.8 Å². The highest BCUT2D eigenvalue weighted by Gasteiger charge is 2.33. The van der Waals surface area contributed by atoms with Gasteiger partial charge in [-0.2, -0.15) is 0 Å². The van der Waals surface area contributed by atoms with Crippen LogP contribution >= 0.6 is 0 Å². The Bertz CT molecular complexity index is 1010. The number of ether oxygens (including phenoxy) is 1. The lowest BCUT2D eigenvalue weighted by Crippen LogP contribution is -2.46. The van der Waals surface area contributed by atoms with Gasteiger partial charge in [0.1, 0.15) is 18.2 Å². The third-order valence-corrected chi connectivity index (χ3v) is 5.71. The summed E-state index contributed by atoms with van der Waals surface area (Å²) in [7, 11) is 0. The Morgan fingerprint density at radius 3 is 2.38 bits per heavy atom. The van der Waals surface area contributed by atoms with E-state index < -0.39 is 18.0 Å². The van der Waals surface area contributed by atoms with Crippen molar-refractivity contribution in [2.45, 2.75) is 13.0 Å². The van der Waals surface area contributed by atoms with Crippen molar-refractivity contribution in [3.63, 3.8) is 0 Å². The van der Waals surface area contributed by atoms with Crippen LogP contribution in [0.5, 0.6) is 0 Å². The van der Waals surface area contributed by atoms with E-state index in [4.69, 9.17) is 4.74 Å². The number of anilines is 3. The first-order valence-corrected chi connectivity index (χ1v) is 10.5. The molecule has 2 heterocycles. The number of aldehydes is 1. The predicted molar refractivity (Wildman–Crippen MR) is 119 cm³/mol. The van der Waals surface area contributed by atoms with Crippen LogP contribution in [0.2, 0.25) is 0 Å². The van der Waals surface area contributed by atoms with E-state index in [0.717, 1.165) is 25.1 Å². The lowest BCUT2D eigenvalue weighted by Gasteiger charge is -2.37. The van der Waals surface area contributed by atoms with Crippen LogP contribution in [0, 0.1) is 5.82 Å². The maximum absolute atomic E-state index is 14.9. The highest BCUT2D eigenvalue weighted by atomic mass is 19.1. The minimum atomic E-state index is -0.554. The second-order valence-corrected chi connectivity index (χ2v) is 7.87. The first-order chi connectivity index (χ1) is 15.4. The summed E-state index contributed by atoms with van der Waals surface area (Å²) in [6, 6.07) is 12.2. The zero-order valence-corrected chi connectivity index (χ0v) is 17.8. The Kier molecular flexibility index (Phi) is 6.25. The van der Waals surface area contributed by atoms with Gasteiger partial charge < -0.3 is 19.9 Å². The van der Waals surface area contributed by atoms with Crippen LogP contribution in [0.15, 0.2) is 42.5 Å². The molecule has 0 bridgehead atoms. The minimum Gasteiger partial charge on any atom is -0.442 e. The molecule has 0 aromatic heterocycles. The van der Waals surface area contributed by atoms with E-state index in [2.05, 4.69) is 10.2 Å². The summed E-state index contributed by atoms with van der Waals surface area (Å²) < 4.78 is 20.2. The van der Waals surface area contributed by atoms with E-state index in [1.807, 2.05) is 17.0 Å². The molecule has 4 rings (SSSR count). The van der Waals surface area contributed by atoms with Gasteiger partial charge >= 0.3 is 6.09 Å². The standard InChI is InChI=1S/C23H25FN4O4/c1-16(30)25-13-20-14-28(23(31)32-20)19-6-7-22(21(24)12-19)27-10-8-26(9-11-27)18-4-2-17(15-29)3-5-18/h2-7,12,15,20H,8-11,13-14H2,1H3,(H,25,30). The van der Waals surface area contributed by atoms with Crippen LogP contribution in [0.1, 0.15) is 17.3 Å². The van der Waals surface area contributed by atoms with Crippen molar-refractivity contribution in [2.75, 3.05) is 54.0 Å². The average Bonchev–Trinajstić information content (AvgIpc) is 3.18. The third kappa shape index (κ3) is 4.66. The Hall–Kier alpha value is -3.62. The third-order valence-electron chi connectivity index (χ3n) is 5.71. The first-order valence-electron chi connectivity index (χ1n) is 10.5. The maximum atomic E-state index is 14.9. The molecule has 2 aromatic rings. The normalized spacial score (nSPS) is 18.5. The van der Waals surface area contributed by atoms with Crippen LogP contribution < -0.4 is 20.0 Å². The molecule has 168 valence electrons. The molecule has 9 heteroatoms. The number of hydrogen-bond acceptors (Lipinski definition) is 6. The number of carbonyl (C=O) groups is 3. The minimum absolute atomic E-state index is 0.201.